The van der Waals surface area contributed by atoms with E-state index >= 15 is 0 Å². The van der Waals surface area contributed by atoms with Crippen molar-refractivity contribution in [1.82, 2.24) is 5.32 Å². The molecule has 3 N–H and O–H groups in total. The van der Waals surface area contributed by atoms with Crippen molar-refractivity contribution >= 4 is 18.3 Å². The maximum atomic E-state index is 11.4. The summed E-state index contributed by atoms with van der Waals surface area (Å²) >= 11 is 0. The van der Waals surface area contributed by atoms with Crippen molar-refractivity contribution in [3.63, 3.8) is 0 Å². The summed E-state index contributed by atoms with van der Waals surface area (Å²) in [6.07, 6.45) is 1.66. The number of nitrogens with one attached hydrogen (secondary N) is 1. The first-order valence-corrected chi connectivity index (χ1v) is 6.06. The van der Waals surface area contributed by atoms with Gasteiger partial charge >= 0.3 is 0 Å². The summed E-state index contributed by atoms with van der Waals surface area (Å²) in [5, 5.41) is 2.80. The summed E-state index contributed by atoms with van der Waals surface area (Å²) in [5.41, 5.74) is 5.41. The van der Waals surface area contributed by atoms with Crippen LogP contribution in [-0.2, 0) is 9.53 Å². The minimum Gasteiger partial charge on any atom is -0.378 e. The lowest BCUT2D eigenvalue weighted by Crippen LogP contribution is -2.38. The number of nitrogens with two attached hydrogens (primary N) is 1. The maximum absolute atomic E-state index is 11.4. The van der Waals surface area contributed by atoms with Gasteiger partial charge < -0.3 is 15.8 Å². The van der Waals surface area contributed by atoms with Crippen LogP contribution in [-0.4, -0.2) is 31.2 Å². The van der Waals surface area contributed by atoms with Gasteiger partial charge in [0.05, 0.1) is 12.7 Å². The molecule has 0 aliphatic heterocycles. The monoisotopic (exact) mass is 266 g/mol. The highest BCUT2D eigenvalue weighted by atomic mass is 35.5. The molecule has 2 atom stereocenters. The van der Waals surface area contributed by atoms with Crippen LogP contribution >= 0.6 is 12.4 Å². The van der Waals surface area contributed by atoms with E-state index in [-0.39, 0.29) is 30.5 Å². The van der Waals surface area contributed by atoms with Crippen LogP contribution in [0.25, 0.3) is 0 Å². The molecule has 0 aromatic heterocycles. The Morgan fingerprint density at radius 3 is 2.35 bits per heavy atom. The number of carbonyl (C=O) groups is 1. The van der Waals surface area contributed by atoms with Crippen LogP contribution in [0.15, 0.2) is 0 Å². The van der Waals surface area contributed by atoms with E-state index in [4.69, 9.17) is 10.5 Å². The smallest absolute Gasteiger partial charge is 0.222 e. The average Bonchev–Trinajstić information content (AvgIpc) is 2.16. The molecule has 17 heavy (non-hydrogen) atoms. The zero-order chi connectivity index (χ0) is 12.6. The molecule has 0 aliphatic rings. The van der Waals surface area contributed by atoms with E-state index in [1.807, 2.05) is 13.8 Å². The quantitative estimate of drug-likeness (QED) is 0.703. The zero-order valence-electron chi connectivity index (χ0n) is 11.4. The fourth-order valence-electron chi connectivity index (χ4n) is 1.49. The number of ether oxygens (including phenoxy) is 1. The van der Waals surface area contributed by atoms with Crippen molar-refractivity contribution in [2.24, 2.45) is 11.7 Å². The largest absolute Gasteiger partial charge is 0.378 e. The standard InChI is InChI=1S/C12H26N2O2.ClH/c1-9(2)7-11(4)16-6-5-12(15)14-10(3)8-13;/h9-11H,5-8,13H2,1-4H3,(H,14,15);1H/t10-,11?;/m0./s1. The van der Waals surface area contributed by atoms with Gasteiger partial charge in [-0.25, -0.2) is 0 Å². The molecule has 0 fully saturated rings. The second-order valence-corrected chi connectivity index (χ2v) is 4.77. The Labute approximate surface area is 111 Å². The number of hydrogen-bond donors (Lipinski definition) is 2. The highest BCUT2D eigenvalue weighted by Crippen LogP contribution is 2.07. The molecule has 1 amide bonds. The number of amides is 1. The molecule has 0 bridgehead atoms. The fourth-order valence-corrected chi connectivity index (χ4v) is 1.49. The van der Waals surface area contributed by atoms with Gasteiger partial charge in [0.2, 0.25) is 5.91 Å². The van der Waals surface area contributed by atoms with Crippen molar-refractivity contribution in [2.75, 3.05) is 13.2 Å². The number of halogens is 1. The molecule has 0 aromatic carbocycles. The molecule has 0 radical (unpaired) electrons. The summed E-state index contributed by atoms with van der Waals surface area (Å²) in [6.45, 7) is 9.21. The van der Waals surface area contributed by atoms with Crippen LogP contribution in [0.4, 0.5) is 0 Å². The lowest BCUT2D eigenvalue weighted by Gasteiger charge is -2.15. The average molecular weight is 267 g/mol. The van der Waals surface area contributed by atoms with Gasteiger partial charge in [-0.15, -0.1) is 12.4 Å². The van der Waals surface area contributed by atoms with Crippen molar-refractivity contribution in [2.45, 2.75) is 52.7 Å². The van der Waals surface area contributed by atoms with Crippen LogP contribution in [0.1, 0.15) is 40.5 Å². The summed E-state index contributed by atoms with van der Waals surface area (Å²) in [7, 11) is 0. The normalized spacial score (nSPS) is 14.0. The fraction of sp³-hybridized carbons (Fsp3) is 0.917. The van der Waals surface area contributed by atoms with Crippen molar-refractivity contribution in [3.05, 3.63) is 0 Å². The van der Waals surface area contributed by atoms with Gasteiger partial charge in [-0.1, -0.05) is 13.8 Å². The van der Waals surface area contributed by atoms with Gasteiger partial charge in [-0.05, 0) is 26.2 Å². The Morgan fingerprint density at radius 2 is 1.88 bits per heavy atom. The molecule has 104 valence electrons. The Kier molecular flexibility index (Phi) is 12.1. The first-order chi connectivity index (χ1) is 7.45. The molecule has 0 heterocycles. The third-order valence-corrected chi connectivity index (χ3v) is 2.30. The van der Waals surface area contributed by atoms with Crippen LogP contribution in [0.5, 0.6) is 0 Å². The number of carbonyl (C=O) groups excluding carboxylic acids is 1. The Bertz CT molecular complexity index is 201. The maximum Gasteiger partial charge on any atom is 0.222 e. The van der Waals surface area contributed by atoms with E-state index < -0.39 is 0 Å². The van der Waals surface area contributed by atoms with Crippen LogP contribution in [0.2, 0.25) is 0 Å². The van der Waals surface area contributed by atoms with E-state index in [1.165, 1.54) is 0 Å². The highest BCUT2D eigenvalue weighted by molar-refractivity contribution is 5.85. The molecule has 0 rings (SSSR count). The minimum atomic E-state index is 0. The summed E-state index contributed by atoms with van der Waals surface area (Å²) in [4.78, 5) is 11.4. The molecule has 0 spiro atoms. The Hall–Kier alpha value is -0.320. The lowest BCUT2D eigenvalue weighted by atomic mass is 10.1. The van der Waals surface area contributed by atoms with Gasteiger partial charge in [-0.2, -0.15) is 0 Å². The van der Waals surface area contributed by atoms with Crippen LogP contribution < -0.4 is 11.1 Å². The molecule has 4 nitrogen and oxygen atoms in total. The van der Waals surface area contributed by atoms with E-state index in [0.717, 1.165) is 6.42 Å². The molecular weight excluding hydrogens is 240 g/mol. The first-order valence-electron chi connectivity index (χ1n) is 6.06. The SMILES string of the molecule is CC(C)CC(C)OCCC(=O)N[C@@H](C)CN.Cl. The zero-order valence-corrected chi connectivity index (χ0v) is 12.2. The number of hydrogen-bond acceptors (Lipinski definition) is 3. The van der Waals surface area contributed by atoms with Gasteiger partial charge in [0, 0.05) is 19.0 Å². The second kappa shape index (κ2) is 10.8. The van der Waals surface area contributed by atoms with Crippen molar-refractivity contribution in [1.29, 1.82) is 0 Å². The van der Waals surface area contributed by atoms with Crippen LogP contribution in [0, 0.1) is 5.92 Å². The summed E-state index contributed by atoms with van der Waals surface area (Å²) < 4.78 is 5.55. The van der Waals surface area contributed by atoms with Gasteiger partial charge in [0.25, 0.3) is 0 Å². The molecule has 0 saturated carbocycles. The van der Waals surface area contributed by atoms with E-state index in [0.29, 0.717) is 25.5 Å². The van der Waals surface area contributed by atoms with Crippen molar-refractivity contribution in [3.8, 4) is 0 Å². The third-order valence-electron chi connectivity index (χ3n) is 2.30. The predicted molar refractivity (Wildman–Crippen MR) is 73.4 cm³/mol. The van der Waals surface area contributed by atoms with Gasteiger partial charge in [0.15, 0.2) is 0 Å². The molecule has 0 aromatic rings. The molecule has 5 heteroatoms. The van der Waals surface area contributed by atoms with Crippen molar-refractivity contribution < 1.29 is 9.53 Å². The summed E-state index contributed by atoms with van der Waals surface area (Å²) in [6, 6.07) is 0.0422. The predicted octanol–water partition coefficient (Wildman–Crippen LogP) is 1.71. The molecule has 0 saturated heterocycles. The van der Waals surface area contributed by atoms with E-state index in [2.05, 4.69) is 19.2 Å². The Morgan fingerprint density at radius 1 is 1.29 bits per heavy atom. The van der Waals surface area contributed by atoms with Gasteiger partial charge in [0.1, 0.15) is 0 Å². The van der Waals surface area contributed by atoms with Crippen LogP contribution in [0.3, 0.4) is 0 Å². The van der Waals surface area contributed by atoms with E-state index in [1.54, 1.807) is 0 Å². The lowest BCUT2D eigenvalue weighted by molar-refractivity contribution is -0.123. The Balaban J connectivity index is 0. The molecule has 1 unspecified atom stereocenters. The molecular formula is C12H27ClN2O2. The second-order valence-electron chi connectivity index (χ2n) is 4.77. The third kappa shape index (κ3) is 11.9. The highest BCUT2D eigenvalue weighted by Gasteiger charge is 2.08. The topological polar surface area (TPSA) is 64.3 Å². The first kappa shape index (κ1) is 19.0. The number of rotatable bonds is 8. The minimum absolute atomic E-state index is 0. The van der Waals surface area contributed by atoms with E-state index in [9.17, 15) is 4.79 Å². The van der Waals surface area contributed by atoms with Gasteiger partial charge in [-0.3, -0.25) is 4.79 Å². The molecule has 0 aliphatic carbocycles. The summed E-state index contributed by atoms with van der Waals surface area (Å²) in [5.74, 6) is 0.635.